The van der Waals surface area contributed by atoms with E-state index in [9.17, 15) is 9.90 Å². The molecule has 0 spiro atoms. The molecule has 2 unspecified atom stereocenters. The van der Waals surface area contributed by atoms with Crippen molar-refractivity contribution >= 4 is 5.78 Å². The highest BCUT2D eigenvalue weighted by Gasteiger charge is 2.30. The molecule has 0 bridgehead atoms. The van der Waals surface area contributed by atoms with Crippen LogP contribution < -0.4 is 0 Å². The van der Waals surface area contributed by atoms with E-state index in [4.69, 9.17) is 0 Å². The molecule has 14 heavy (non-hydrogen) atoms. The molecule has 2 nitrogen and oxygen atoms in total. The number of aliphatic hydroxyl groups is 1. The Morgan fingerprint density at radius 2 is 2.21 bits per heavy atom. The van der Waals surface area contributed by atoms with Crippen molar-refractivity contribution < 1.29 is 9.90 Å². The lowest BCUT2D eigenvalue weighted by Crippen LogP contribution is -2.15. The Morgan fingerprint density at radius 1 is 1.50 bits per heavy atom. The fraction of sp³-hybridized carbons (Fsp3) is 0.417. The molecule has 2 rings (SSSR count). The number of hydrogen-bond donors (Lipinski definition) is 1. The van der Waals surface area contributed by atoms with Gasteiger partial charge in [0, 0.05) is 11.5 Å². The number of hydrogen-bond acceptors (Lipinski definition) is 2. The zero-order chi connectivity index (χ0) is 10.1. The molecule has 0 radical (unpaired) electrons. The van der Waals surface area contributed by atoms with Crippen molar-refractivity contribution in [3.8, 4) is 0 Å². The minimum Gasteiger partial charge on any atom is -0.393 e. The van der Waals surface area contributed by atoms with Gasteiger partial charge in [-0.1, -0.05) is 24.3 Å². The van der Waals surface area contributed by atoms with Crippen LogP contribution in [0.4, 0.5) is 0 Å². The third-order valence-corrected chi connectivity index (χ3v) is 2.75. The molecule has 1 aliphatic rings. The highest BCUT2D eigenvalue weighted by Crippen LogP contribution is 2.29. The maximum Gasteiger partial charge on any atom is 0.166 e. The number of carbonyl (C=O) groups excluding carboxylic acids is 1. The molecule has 1 N–H and O–H groups in total. The van der Waals surface area contributed by atoms with Gasteiger partial charge in [-0.15, -0.1) is 0 Å². The maximum atomic E-state index is 11.8. The Kier molecular flexibility index (Phi) is 2.38. The molecular formula is C12H14O2. The average molecular weight is 190 g/mol. The summed E-state index contributed by atoms with van der Waals surface area (Å²) in [5.41, 5.74) is 1.97. The van der Waals surface area contributed by atoms with Crippen LogP contribution in [-0.2, 0) is 6.42 Å². The quantitative estimate of drug-likeness (QED) is 0.772. The van der Waals surface area contributed by atoms with Gasteiger partial charge in [-0.05, 0) is 25.3 Å². The van der Waals surface area contributed by atoms with E-state index in [1.165, 1.54) is 0 Å². The van der Waals surface area contributed by atoms with Gasteiger partial charge in [0.25, 0.3) is 0 Å². The van der Waals surface area contributed by atoms with Crippen molar-refractivity contribution in [2.75, 3.05) is 0 Å². The number of fused-ring (bicyclic) bond motifs is 1. The van der Waals surface area contributed by atoms with Gasteiger partial charge in [0.2, 0.25) is 0 Å². The normalized spacial score (nSPS) is 22.1. The highest BCUT2D eigenvalue weighted by atomic mass is 16.3. The van der Waals surface area contributed by atoms with Crippen molar-refractivity contribution in [1.82, 2.24) is 0 Å². The standard InChI is InChI=1S/C12H14O2/c1-8(13)6-10-7-9-4-2-3-5-11(9)12(10)14/h2-5,8,10,13H,6-7H2,1H3. The van der Waals surface area contributed by atoms with E-state index < -0.39 is 6.10 Å². The number of Topliss-reactive ketones (excluding diaryl/α,β-unsaturated/α-hetero) is 1. The molecule has 0 saturated carbocycles. The van der Waals surface area contributed by atoms with Crippen molar-refractivity contribution in [3.63, 3.8) is 0 Å². The Balaban J connectivity index is 2.21. The molecular weight excluding hydrogens is 176 g/mol. The Bertz CT molecular complexity index is 355. The average Bonchev–Trinajstić information content (AvgIpc) is 2.44. The number of carbonyl (C=O) groups is 1. The van der Waals surface area contributed by atoms with Crippen LogP contribution in [0.5, 0.6) is 0 Å². The van der Waals surface area contributed by atoms with E-state index in [1.54, 1.807) is 6.92 Å². The number of benzene rings is 1. The van der Waals surface area contributed by atoms with Crippen molar-refractivity contribution in [3.05, 3.63) is 35.4 Å². The van der Waals surface area contributed by atoms with Crippen molar-refractivity contribution in [2.24, 2.45) is 5.92 Å². The maximum absolute atomic E-state index is 11.8. The van der Waals surface area contributed by atoms with Crippen LogP contribution in [0.15, 0.2) is 24.3 Å². The van der Waals surface area contributed by atoms with Crippen LogP contribution in [0.1, 0.15) is 29.3 Å². The zero-order valence-electron chi connectivity index (χ0n) is 8.23. The number of aliphatic hydroxyl groups excluding tert-OH is 1. The second-order valence-electron chi connectivity index (χ2n) is 4.01. The molecule has 2 heteroatoms. The van der Waals surface area contributed by atoms with E-state index in [0.29, 0.717) is 6.42 Å². The summed E-state index contributed by atoms with van der Waals surface area (Å²) in [5, 5.41) is 9.26. The van der Waals surface area contributed by atoms with Gasteiger partial charge >= 0.3 is 0 Å². The Labute approximate surface area is 83.6 Å². The van der Waals surface area contributed by atoms with Gasteiger partial charge in [-0.25, -0.2) is 0 Å². The summed E-state index contributed by atoms with van der Waals surface area (Å²) < 4.78 is 0. The van der Waals surface area contributed by atoms with Crippen LogP contribution in [0.25, 0.3) is 0 Å². The lowest BCUT2D eigenvalue weighted by atomic mass is 9.98. The fourth-order valence-corrected chi connectivity index (χ4v) is 2.12. The van der Waals surface area contributed by atoms with Crippen molar-refractivity contribution in [1.29, 1.82) is 0 Å². The largest absolute Gasteiger partial charge is 0.393 e. The summed E-state index contributed by atoms with van der Waals surface area (Å²) >= 11 is 0. The molecule has 1 aliphatic carbocycles. The predicted octanol–water partition coefficient (Wildman–Crippen LogP) is 1.81. The van der Waals surface area contributed by atoms with E-state index in [1.807, 2.05) is 24.3 Å². The van der Waals surface area contributed by atoms with Crippen LogP contribution in [0, 0.1) is 5.92 Å². The van der Waals surface area contributed by atoms with Gasteiger partial charge in [0.05, 0.1) is 6.10 Å². The SMILES string of the molecule is CC(O)CC1Cc2ccccc2C1=O. The molecule has 0 fully saturated rings. The summed E-state index contributed by atoms with van der Waals surface area (Å²) in [5.74, 6) is 0.189. The fourth-order valence-electron chi connectivity index (χ4n) is 2.12. The second-order valence-corrected chi connectivity index (χ2v) is 4.01. The zero-order valence-corrected chi connectivity index (χ0v) is 8.23. The smallest absolute Gasteiger partial charge is 0.166 e. The van der Waals surface area contributed by atoms with Gasteiger partial charge in [0.1, 0.15) is 0 Å². The number of ketones is 1. The monoisotopic (exact) mass is 190 g/mol. The first-order valence-electron chi connectivity index (χ1n) is 4.98. The van der Waals surface area contributed by atoms with E-state index >= 15 is 0 Å². The topological polar surface area (TPSA) is 37.3 Å². The molecule has 1 aromatic rings. The van der Waals surface area contributed by atoms with Crippen LogP contribution >= 0.6 is 0 Å². The summed E-state index contributed by atoms with van der Waals surface area (Å²) in [4.78, 5) is 11.8. The minimum atomic E-state index is -0.390. The second kappa shape index (κ2) is 3.54. The van der Waals surface area contributed by atoms with E-state index in [2.05, 4.69) is 0 Å². The Hall–Kier alpha value is -1.15. The lowest BCUT2D eigenvalue weighted by Gasteiger charge is -2.09. The first-order chi connectivity index (χ1) is 6.68. The third kappa shape index (κ3) is 1.58. The Morgan fingerprint density at radius 3 is 2.86 bits per heavy atom. The molecule has 0 heterocycles. The molecule has 0 aliphatic heterocycles. The van der Waals surface area contributed by atoms with Crippen LogP contribution in [0.2, 0.25) is 0 Å². The number of rotatable bonds is 2. The van der Waals surface area contributed by atoms with Crippen LogP contribution in [0.3, 0.4) is 0 Å². The summed E-state index contributed by atoms with van der Waals surface area (Å²) in [6, 6.07) is 7.72. The first kappa shape index (κ1) is 9.41. The first-order valence-corrected chi connectivity index (χ1v) is 4.98. The summed E-state index contributed by atoms with van der Waals surface area (Å²) in [6.45, 7) is 1.73. The molecule has 0 aromatic heterocycles. The van der Waals surface area contributed by atoms with Gasteiger partial charge < -0.3 is 5.11 Å². The predicted molar refractivity (Wildman–Crippen MR) is 54.3 cm³/mol. The summed E-state index contributed by atoms with van der Waals surface area (Å²) in [7, 11) is 0. The highest BCUT2D eigenvalue weighted by molar-refractivity contribution is 6.02. The van der Waals surface area contributed by atoms with E-state index in [0.717, 1.165) is 17.5 Å². The summed E-state index contributed by atoms with van der Waals surface area (Å²) in [6.07, 6.45) is 0.978. The van der Waals surface area contributed by atoms with Gasteiger partial charge in [-0.2, -0.15) is 0 Å². The minimum absolute atomic E-state index is 0.00704. The van der Waals surface area contributed by atoms with Crippen molar-refractivity contribution in [2.45, 2.75) is 25.9 Å². The van der Waals surface area contributed by atoms with E-state index in [-0.39, 0.29) is 11.7 Å². The van der Waals surface area contributed by atoms with Crippen LogP contribution in [-0.4, -0.2) is 17.0 Å². The molecule has 74 valence electrons. The molecule has 0 saturated heterocycles. The van der Waals surface area contributed by atoms with Gasteiger partial charge in [-0.3, -0.25) is 4.79 Å². The molecule has 2 atom stereocenters. The third-order valence-electron chi connectivity index (χ3n) is 2.75. The lowest BCUT2D eigenvalue weighted by molar-refractivity contribution is 0.0873. The molecule has 1 aromatic carbocycles. The van der Waals surface area contributed by atoms with Gasteiger partial charge in [0.15, 0.2) is 5.78 Å². The molecule has 0 amide bonds.